The summed E-state index contributed by atoms with van der Waals surface area (Å²) in [6.45, 7) is 6.27. The van der Waals surface area contributed by atoms with Gasteiger partial charge in [-0.3, -0.25) is 14.0 Å². The van der Waals surface area contributed by atoms with Gasteiger partial charge < -0.3 is 9.30 Å². The molecule has 4 aromatic rings. The van der Waals surface area contributed by atoms with Gasteiger partial charge >= 0.3 is 0 Å². The standard InChI is InChI=1S/C25H22N4O3/c1-4-32-20-10-8-17(9-11-20)24(30)27-23-18(15-26)13-21-22(29(23)16(2)3)14-19-7-5-6-12-28(19)25(21)31/h5-14,16H,4H2,1-3H3. The highest BCUT2D eigenvalue weighted by Gasteiger charge is 2.16. The van der Waals surface area contributed by atoms with Gasteiger partial charge in [-0.2, -0.15) is 10.3 Å². The number of pyridine rings is 3. The third-order valence-electron chi connectivity index (χ3n) is 5.18. The lowest BCUT2D eigenvalue weighted by Gasteiger charge is -2.17. The van der Waals surface area contributed by atoms with Crippen LogP contribution in [0.4, 0.5) is 0 Å². The quantitative estimate of drug-likeness (QED) is 0.464. The van der Waals surface area contributed by atoms with Crippen LogP contribution in [-0.2, 0) is 0 Å². The van der Waals surface area contributed by atoms with Gasteiger partial charge in [-0.25, -0.2) is 0 Å². The minimum absolute atomic E-state index is 0.150. The Morgan fingerprint density at radius 1 is 1.16 bits per heavy atom. The molecule has 1 aromatic carbocycles. The Labute approximate surface area is 184 Å². The molecule has 7 heteroatoms. The fourth-order valence-corrected chi connectivity index (χ4v) is 3.74. The lowest BCUT2D eigenvalue weighted by molar-refractivity contribution is 0.0997. The maximum Gasteiger partial charge on any atom is 0.278 e. The van der Waals surface area contributed by atoms with E-state index in [0.717, 1.165) is 0 Å². The highest BCUT2D eigenvalue weighted by atomic mass is 16.5. The van der Waals surface area contributed by atoms with Crippen LogP contribution in [0, 0.1) is 11.3 Å². The van der Waals surface area contributed by atoms with Crippen molar-refractivity contribution in [3.05, 3.63) is 87.8 Å². The van der Waals surface area contributed by atoms with Crippen LogP contribution in [-0.4, -0.2) is 21.5 Å². The molecule has 0 fully saturated rings. The number of rotatable bonds is 4. The molecular formula is C25H22N4O3. The minimum atomic E-state index is -0.476. The van der Waals surface area contributed by atoms with Gasteiger partial charge in [0.2, 0.25) is 0 Å². The second-order valence-electron chi connectivity index (χ2n) is 7.58. The number of hydrogen-bond donors (Lipinski definition) is 0. The van der Waals surface area contributed by atoms with E-state index >= 15 is 0 Å². The Morgan fingerprint density at radius 2 is 1.91 bits per heavy atom. The van der Waals surface area contributed by atoms with E-state index in [2.05, 4.69) is 11.1 Å². The Bertz CT molecular complexity index is 1500. The van der Waals surface area contributed by atoms with Crippen LogP contribution >= 0.6 is 0 Å². The van der Waals surface area contributed by atoms with Crippen molar-refractivity contribution in [2.24, 2.45) is 4.99 Å². The van der Waals surface area contributed by atoms with Crippen molar-refractivity contribution < 1.29 is 9.53 Å². The Kier molecular flexibility index (Phi) is 5.61. The summed E-state index contributed by atoms with van der Waals surface area (Å²) in [5.41, 5.74) is 1.88. The zero-order chi connectivity index (χ0) is 22.8. The van der Waals surface area contributed by atoms with Gasteiger partial charge in [0.1, 0.15) is 11.8 Å². The average molecular weight is 426 g/mol. The maximum absolute atomic E-state index is 13.1. The zero-order valence-electron chi connectivity index (χ0n) is 18.1. The molecule has 0 saturated carbocycles. The van der Waals surface area contributed by atoms with Crippen LogP contribution in [0.1, 0.15) is 42.7 Å². The molecule has 0 saturated heterocycles. The van der Waals surface area contributed by atoms with E-state index in [-0.39, 0.29) is 22.7 Å². The Morgan fingerprint density at radius 3 is 2.56 bits per heavy atom. The largest absolute Gasteiger partial charge is 0.494 e. The van der Waals surface area contributed by atoms with Gasteiger partial charge in [-0.15, -0.1) is 0 Å². The summed E-state index contributed by atoms with van der Waals surface area (Å²) >= 11 is 0. The van der Waals surface area contributed by atoms with E-state index in [0.29, 0.717) is 34.3 Å². The van der Waals surface area contributed by atoms with E-state index in [1.54, 1.807) is 41.1 Å². The molecule has 0 spiro atoms. The number of hydrogen-bond acceptors (Lipinski definition) is 4. The van der Waals surface area contributed by atoms with Gasteiger partial charge in [-0.05, 0) is 69.3 Å². The molecule has 160 valence electrons. The second-order valence-corrected chi connectivity index (χ2v) is 7.58. The maximum atomic E-state index is 13.1. The van der Waals surface area contributed by atoms with E-state index in [9.17, 15) is 14.9 Å². The Balaban J connectivity index is 2.00. The van der Waals surface area contributed by atoms with Gasteiger partial charge in [-0.1, -0.05) is 6.07 Å². The summed E-state index contributed by atoms with van der Waals surface area (Å²) in [4.78, 5) is 30.4. The molecule has 3 heterocycles. The van der Waals surface area contributed by atoms with Crippen LogP contribution in [0.2, 0.25) is 0 Å². The molecule has 0 aliphatic rings. The zero-order valence-corrected chi connectivity index (χ0v) is 18.1. The predicted octanol–water partition coefficient (Wildman–Crippen LogP) is 3.85. The van der Waals surface area contributed by atoms with Gasteiger partial charge in [0, 0.05) is 17.8 Å². The summed E-state index contributed by atoms with van der Waals surface area (Å²) in [5.74, 6) is 0.188. The molecule has 0 atom stereocenters. The molecule has 3 aromatic heterocycles. The van der Waals surface area contributed by atoms with Crippen LogP contribution in [0.15, 0.2) is 70.6 Å². The minimum Gasteiger partial charge on any atom is -0.494 e. The highest BCUT2D eigenvalue weighted by Crippen LogP contribution is 2.18. The highest BCUT2D eigenvalue weighted by molar-refractivity contribution is 5.95. The molecule has 7 nitrogen and oxygen atoms in total. The number of benzene rings is 1. The molecule has 0 unspecified atom stereocenters. The van der Waals surface area contributed by atoms with Crippen molar-refractivity contribution >= 4 is 22.3 Å². The van der Waals surface area contributed by atoms with Crippen molar-refractivity contribution in [3.8, 4) is 11.8 Å². The number of carbonyl (C=O) groups is 1. The molecule has 0 aliphatic carbocycles. The first-order valence-corrected chi connectivity index (χ1v) is 10.4. The number of amides is 1. The molecule has 1 amide bonds. The fraction of sp³-hybridized carbons (Fsp3) is 0.200. The number of fused-ring (bicyclic) bond motifs is 2. The summed E-state index contributed by atoms with van der Waals surface area (Å²) in [6, 6.07) is 17.5. The first-order valence-electron chi connectivity index (χ1n) is 10.4. The molecule has 4 rings (SSSR count). The van der Waals surface area contributed by atoms with Crippen molar-refractivity contribution in [1.82, 2.24) is 8.97 Å². The smallest absolute Gasteiger partial charge is 0.278 e. The van der Waals surface area contributed by atoms with Gasteiger partial charge in [0.15, 0.2) is 5.49 Å². The van der Waals surface area contributed by atoms with Crippen molar-refractivity contribution in [3.63, 3.8) is 0 Å². The molecule has 0 bridgehead atoms. The third kappa shape index (κ3) is 3.67. The van der Waals surface area contributed by atoms with Crippen LogP contribution in [0.3, 0.4) is 0 Å². The van der Waals surface area contributed by atoms with Crippen molar-refractivity contribution in [1.29, 1.82) is 5.26 Å². The molecule has 0 N–H and O–H groups in total. The van der Waals surface area contributed by atoms with E-state index in [1.807, 2.05) is 39.0 Å². The van der Waals surface area contributed by atoms with E-state index in [1.165, 1.54) is 10.5 Å². The van der Waals surface area contributed by atoms with E-state index in [4.69, 9.17) is 4.74 Å². The molecule has 32 heavy (non-hydrogen) atoms. The predicted molar refractivity (Wildman–Crippen MR) is 122 cm³/mol. The fourth-order valence-electron chi connectivity index (χ4n) is 3.74. The van der Waals surface area contributed by atoms with Crippen LogP contribution in [0.5, 0.6) is 5.75 Å². The molecule has 0 aliphatic heterocycles. The lowest BCUT2D eigenvalue weighted by atomic mass is 10.1. The first-order chi connectivity index (χ1) is 15.4. The number of nitrogens with zero attached hydrogens (tertiary/aromatic N) is 4. The van der Waals surface area contributed by atoms with Gasteiger partial charge in [0.25, 0.3) is 11.5 Å². The van der Waals surface area contributed by atoms with Crippen molar-refractivity contribution in [2.75, 3.05) is 6.61 Å². The topological polar surface area (TPSA) is 88.9 Å². The number of nitriles is 1. The molecule has 0 radical (unpaired) electrons. The normalized spacial score (nSPS) is 11.8. The summed E-state index contributed by atoms with van der Waals surface area (Å²) in [6.07, 6.45) is 1.69. The second kappa shape index (κ2) is 8.52. The average Bonchev–Trinajstić information content (AvgIpc) is 2.79. The summed E-state index contributed by atoms with van der Waals surface area (Å²) in [7, 11) is 0. The summed E-state index contributed by atoms with van der Waals surface area (Å²) in [5, 5.41) is 10.2. The Hall–Kier alpha value is -4.18. The lowest BCUT2D eigenvalue weighted by Crippen LogP contribution is -2.29. The SMILES string of the molecule is CCOc1ccc(C(=O)N=c2c(C#N)cc3c(=O)n4ccccc4cc3n2C(C)C)cc1. The number of carbonyl (C=O) groups excluding carboxylic acids is 1. The third-order valence-corrected chi connectivity index (χ3v) is 5.18. The van der Waals surface area contributed by atoms with Crippen molar-refractivity contribution in [2.45, 2.75) is 26.8 Å². The van der Waals surface area contributed by atoms with E-state index < -0.39 is 5.91 Å². The first kappa shape index (κ1) is 21.1. The summed E-state index contributed by atoms with van der Waals surface area (Å²) < 4.78 is 8.73. The van der Waals surface area contributed by atoms with Crippen LogP contribution < -0.4 is 15.8 Å². The number of aromatic nitrogens is 2. The van der Waals surface area contributed by atoms with Gasteiger partial charge in [0.05, 0.1) is 28.6 Å². The van der Waals surface area contributed by atoms with Crippen LogP contribution in [0.25, 0.3) is 16.4 Å². The molecular weight excluding hydrogens is 404 g/mol. The monoisotopic (exact) mass is 426 g/mol. The number of ether oxygens (including phenoxy) is 1.